The summed E-state index contributed by atoms with van der Waals surface area (Å²) in [5.41, 5.74) is 11.9. The van der Waals surface area contributed by atoms with Gasteiger partial charge in [0, 0.05) is 4.88 Å². The lowest BCUT2D eigenvalue weighted by molar-refractivity contribution is 0.100. The van der Waals surface area contributed by atoms with Gasteiger partial charge in [0.25, 0.3) is 5.91 Å². The molecule has 7 heteroatoms. The summed E-state index contributed by atoms with van der Waals surface area (Å²) in [6.07, 6.45) is 0.337. The zero-order valence-corrected chi connectivity index (χ0v) is 9.45. The first-order chi connectivity index (χ1) is 6.91. The van der Waals surface area contributed by atoms with Crippen LogP contribution in [0.4, 0.5) is 5.00 Å². The number of fused-ring (bicyclic) bond motifs is 1. The summed E-state index contributed by atoms with van der Waals surface area (Å²) in [5, 5.41) is 0.324. The number of anilines is 1. The van der Waals surface area contributed by atoms with E-state index in [1.807, 2.05) is 0 Å². The summed E-state index contributed by atoms with van der Waals surface area (Å²) in [7, 11) is -3.02. The second kappa shape index (κ2) is 3.21. The van der Waals surface area contributed by atoms with Crippen molar-refractivity contribution in [1.29, 1.82) is 0 Å². The van der Waals surface area contributed by atoms with Gasteiger partial charge in [-0.1, -0.05) is 0 Å². The van der Waals surface area contributed by atoms with Gasteiger partial charge in [-0.3, -0.25) is 4.79 Å². The van der Waals surface area contributed by atoms with Crippen molar-refractivity contribution in [1.82, 2.24) is 0 Å². The number of hydrogen-bond donors (Lipinski definition) is 2. The zero-order chi connectivity index (χ0) is 11.2. The molecule has 2 rings (SSSR count). The largest absolute Gasteiger partial charge is 0.390 e. The van der Waals surface area contributed by atoms with Crippen LogP contribution < -0.4 is 11.5 Å². The SMILES string of the molecule is NC(=O)c1c(N)sc2c1CCS(=O)(=O)C2. The number of nitrogen functional groups attached to an aromatic ring is 1. The fourth-order valence-electron chi connectivity index (χ4n) is 1.71. The fourth-order valence-corrected chi connectivity index (χ4v) is 4.64. The molecule has 0 unspecified atom stereocenters. The summed E-state index contributed by atoms with van der Waals surface area (Å²) < 4.78 is 22.7. The van der Waals surface area contributed by atoms with Gasteiger partial charge < -0.3 is 11.5 Å². The van der Waals surface area contributed by atoms with Gasteiger partial charge in [0.05, 0.1) is 22.1 Å². The highest BCUT2D eigenvalue weighted by Crippen LogP contribution is 2.35. The average molecular weight is 246 g/mol. The van der Waals surface area contributed by atoms with E-state index in [-0.39, 0.29) is 11.5 Å². The molecule has 15 heavy (non-hydrogen) atoms. The summed E-state index contributed by atoms with van der Waals surface area (Å²) in [6, 6.07) is 0. The van der Waals surface area contributed by atoms with Crippen LogP contribution in [0.3, 0.4) is 0 Å². The van der Waals surface area contributed by atoms with Gasteiger partial charge in [-0.25, -0.2) is 8.42 Å². The highest BCUT2D eigenvalue weighted by atomic mass is 32.2. The number of sulfone groups is 1. The van der Waals surface area contributed by atoms with Crippen molar-refractivity contribution >= 4 is 32.1 Å². The quantitative estimate of drug-likeness (QED) is 0.722. The van der Waals surface area contributed by atoms with E-state index in [1.54, 1.807) is 0 Å². The summed E-state index contributed by atoms with van der Waals surface area (Å²) in [6.45, 7) is 0. The molecule has 1 amide bonds. The molecule has 0 bridgehead atoms. The monoisotopic (exact) mass is 246 g/mol. The normalized spacial score (nSPS) is 18.4. The molecule has 2 heterocycles. The smallest absolute Gasteiger partial charge is 0.251 e. The van der Waals surface area contributed by atoms with Crippen LogP contribution in [-0.2, 0) is 22.0 Å². The van der Waals surface area contributed by atoms with Crippen LogP contribution in [0.1, 0.15) is 20.8 Å². The third-order valence-electron chi connectivity index (χ3n) is 2.38. The lowest BCUT2D eigenvalue weighted by Crippen LogP contribution is -2.21. The van der Waals surface area contributed by atoms with Crippen LogP contribution in [0, 0.1) is 0 Å². The average Bonchev–Trinajstić information content (AvgIpc) is 2.37. The number of carbonyl (C=O) groups excluding carboxylic acids is 1. The first kappa shape index (κ1) is 10.4. The first-order valence-corrected chi connectivity index (χ1v) is 6.95. The van der Waals surface area contributed by atoms with Crippen molar-refractivity contribution in [3.8, 4) is 0 Å². The van der Waals surface area contributed by atoms with Crippen molar-refractivity contribution in [2.75, 3.05) is 11.5 Å². The van der Waals surface area contributed by atoms with Crippen molar-refractivity contribution in [3.05, 3.63) is 16.0 Å². The maximum absolute atomic E-state index is 11.4. The van der Waals surface area contributed by atoms with E-state index in [0.717, 1.165) is 16.9 Å². The van der Waals surface area contributed by atoms with Gasteiger partial charge in [-0.15, -0.1) is 11.3 Å². The minimum Gasteiger partial charge on any atom is -0.390 e. The maximum Gasteiger partial charge on any atom is 0.251 e. The van der Waals surface area contributed by atoms with E-state index in [4.69, 9.17) is 11.5 Å². The number of nitrogens with two attached hydrogens (primary N) is 2. The van der Waals surface area contributed by atoms with E-state index >= 15 is 0 Å². The van der Waals surface area contributed by atoms with Gasteiger partial charge in [0.2, 0.25) is 0 Å². The number of carbonyl (C=O) groups is 1. The number of thiophene rings is 1. The molecule has 4 N–H and O–H groups in total. The minimum atomic E-state index is -3.02. The predicted octanol–water partition coefficient (Wildman–Crippen LogP) is -0.0999. The van der Waals surface area contributed by atoms with Crippen molar-refractivity contribution in [2.45, 2.75) is 12.2 Å². The first-order valence-electron chi connectivity index (χ1n) is 4.31. The van der Waals surface area contributed by atoms with Crippen LogP contribution in [0.2, 0.25) is 0 Å². The Kier molecular flexibility index (Phi) is 2.23. The van der Waals surface area contributed by atoms with E-state index < -0.39 is 15.7 Å². The van der Waals surface area contributed by atoms with Crippen LogP contribution in [0.5, 0.6) is 0 Å². The second-order valence-electron chi connectivity index (χ2n) is 3.45. The van der Waals surface area contributed by atoms with Crippen molar-refractivity contribution in [3.63, 3.8) is 0 Å². The van der Waals surface area contributed by atoms with Gasteiger partial charge in [0.1, 0.15) is 0 Å². The standard InChI is InChI=1S/C8H10N2O3S2/c9-7(11)6-4-1-2-15(12,13)3-5(4)14-8(6)10/h1-3,10H2,(H2,9,11). The van der Waals surface area contributed by atoms with E-state index in [0.29, 0.717) is 21.9 Å². The highest BCUT2D eigenvalue weighted by Gasteiger charge is 2.28. The van der Waals surface area contributed by atoms with E-state index in [9.17, 15) is 13.2 Å². The van der Waals surface area contributed by atoms with Gasteiger partial charge in [-0.2, -0.15) is 0 Å². The molecule has 0 atom stereocenters. The number of rotatable bonds is 1. The Morgan fingerprint density at radius 2 is 2.07 bits per heavy atom. The Hall–Kier alpha value is -1.08. The highest BCUT2D eigenvalue weighted by molar-refractivity contribution is 7.90. The lowest BCUT2D eigenvalue weighted by Gasteiger charge is -2.12. The number of amides is 1. The Morgan fingerprint density at radius 3 is 2.67 bits per heavy atom. The molecule has 0 aliphatic carbocycles. The Morgan fingerprint density at radius 1 is 1.40 bits per heavy atom. The second-order valence-corrected chi connectivity index (χ2v) is 6.77. The summed E-state index contributed by atoms with van der Waals surface area (Å²) >= 11 is 1.15. The summed E-state index contributed by atoms with van der Waals surface area (Å²) in [5.74, 6) is -0.537. The molecule has 0 fully saturated rings. The molecular formula is C8H10N2O3S2. The topological polar surface area (TPSA) is 103 Å². The fraction of sp³-hybridized carbons (Fsp3) is 0.375. The van der Waals surface area contributed by atoms with Crippen LogP contribution in [0.15, 0.2) is 0 Å². The van der Waals surface area contributed by atoms with E-state index in [1.165, 1.54) is 0 Å². The molecule has 0 spiro atoms. The van der Waals surface area contributed by atoms with Crippen LogP contribution in [0.25, 0.3) is 0 Å². The molecule has 0 saturated carbocycles. The molecule has 0 saturated heterocycles. The number of hydrogen-bond acceptors (Lipinski definition) is 5. The van der Waals surface area contributed by atoms with Crippen LogP contribution >= 0.6 is 11.3 Å². The molecule has 1 aliphatic heterocycles. The predicted molar refractivity (Wildman–Crippen MR) is 58.4 cm³/mol. The maximum atomic E-state index is 11.4. The lowest BCUT2D eigenvalue weighted by atomic mass is 10.1. The summed E-state index contributed by atoms with van der Waals surface area (Å²) in [4.78, 5) is 11.8. The van der Waals surface area contributed by atoms with Gasteiger partial charge >= 0.3 is 0 Å². The molecule has 0 aromatic carbocycles. The van der Waals surface area contributed by atoms with Gasteiger partial charge in [0.15, 0.2) is 9.84 Å². The third-order valence-corrected chi connectivity index (χ3v) is 5.18. The van der Waals surface area contributed by atoms with Crippen LogP contribution in [-0.4, -0.2) is 20.1 Å². The van der Waals surface area contributed by atoms with Gasteiger partial charge in [-0.05, 0) is 12.0 Å². The zero-order valence-electron chi connectivity index (χ0n) is 7.82. The van der Waals surface area contributed by atoms with Crippen molar-refractivity contribution in [2.24, 2.45) is 5.73 Å². The molecule has 1 aromatic heterocycles. The molecule has 1 aliphatic rings. The number of primary amides is 1. The molecule has 1 aromatic rings. The molecule has 0 radical (unpaired) electrons. The molecule has 5 nitrogen and oxygen atoms in total. The minimum absolute atomic E-state index is 0.0233. The molecular weight excluding hydrogens is 236 g/mol. The Balaban J connectivity index is 2.58. The van der Waals surface area contributed by atoms with E-state index in [2.05, 4.69) is 0 Å². The Labute approximate surface area is 91.0 Å². The molecule has 82 valence electrons. The van der Waals surface area contributed by atoms with Crippen molar-refractivity contribution < 1.29 is 13.2 Å². The third kappa shape index (κ3) is 1.72. The Bertz CT molecular complexity index is 530.